The molecule has 0 saturated carbocycles. The van der Waals surface area contributed by atoms with E-state index in [1.54, 1.807) is 22.2 Å². The van der Waals surface area contributed by atoms with Crippen molar-refractivity contribution >= 4 is 17.2 Å². The number of aryl methyl sites for hydroxylation is 1. The fraction of sp³-hybridized carbons (Fsp3) is 0.385. The molecule has 6 heteroatoms. The molecule has 2 unspecified atom stereocenters. The molecule has 0 radical (unpaired) electrons. The van der Waals surface area contributed by atoms with Gasteiger partial charge in [-0.2, -0.15) is 5.10 Å². The number of aromatic nitrogens is 2. The second kappa shape index (κ2) is 5.54. The van der Waals surface area contributed by atoms with Crippen molar-refractivity contribution in [3.63, 3.8) is 0 Å². The molecular formula is C13H18N4OS. The molecule has 4 N–H and O–H groups in total. The molecule has 5 nitrogen and oxygen atoms in total. The van der Waals surface area contributed by atoms with Crippen LogP contribution in [0, 0.1) is 6.92 Å². The molecule has 0 saturated heterocycles. The van der Waals surface area contributed by atoms with Crippen LogP contribution in [0.15, 0.2) is 24.5 Å². The van der Waals surface area contributed by atoms with Gasteiger partial charge >= 0.3 is 0 Å². The molecule has 2 aromatic heterocycles. The predicted molar refractivity (Wildman–Crippen MR) is 76.2 cm³/mol. The summed E-state index contributed by atoms with van der Waals surface area (Å²) >= 11 is 1.70. The Kier molecular flexibility index (Phi) is 4.01. The van der Waals surface area contributed by atoms with E-state index in [4.69, 9.17) is 11.5 Å². The van der Waals surface area contributed by atoms with Crippen molar-refractivity contribution in [2.75, 3.05) is 0 Å². The smallest absolute Gasteiger partial charge is 0.251 e. The number of carbonyl (C=O) groups excluding carboxylic acids is 1. The molecule has 2 aromatic rings. The third kappa shape index (κ3) is 2.85. The van der Waals surface area contributed by atoms with Gasteiger partial charge in [0.1, 0.15) is 6.04 Å². The molecule has 0 aromatic carbocycles. The number of hydrogen-bond donors (Lipinski definition) is 2. The third-order valence-electron chi connectivity index (χ3n) is 3.10. The first-order valence-electron chi connectivity index (χ1n) is 6.18. The van der Waals surface area contributed by atoms with Gasteiger partial charge in [0.25, 0.3) is 5.91 Å². The second-order valence-corrected chi connectivity index (χ2v) is 5.86. The number of carbonyl (C=O) groups is 1. The largest absolute Gasteiger partial charge is 0.366 e. The monoisotopic (exact) mass is 278 g/mol. The lowest BCUT2D eigenvalue weighted by atomic mass is 10.1. The van der Waals surface area contributed by atoms with Crippen molar-refractivity contribution in [1.29, 1.82) is 0 Å². The van der Waals surface area contributed by atoms with Gasteiger partial charge in [-0.3, -0.25) is 9.48 Å². The lowest BCUT2D eigenvalue weighted by Gasteiger charge is -2.22. The first-order valence-corrected chi connectivity index (χ1v) is 7.00. The normalized spacial score (nSPS) is 14.3. The highest BCUT2D eigenvalue weighted by Gasteiger charge is 2.23. The zero-order chi connectivity index (χ0) is 14.0. The molecule has 19 heavy (non-hydrogen) atoms. The molecule has 0 aliphatic heterocycles. The third-order valence-corrected chi connectivity index (χ3v) is 4.17. The average Bonchev–Trinajstić information content (AvgIpc) is 2.99. The number of amides is 1. The molecule has 0 spiro atoms. The van der Waals surface area contributed by atoms with Crippen LogP contribution in [0.2, 0.25) is 0 Å². The van der Waals surface area contributed by atoms with Crippen molar-refractivity contribution in [2.24, 2.45) is 11.5 Å². The minimum absolute atomic E-state index is 0.0568. The van der Waals surface area contributed by atoms with E-state index in [1.165, 1.54) is 11.1 Å². The summed E-state index contributed by atoms with van der Waals surface area (Å²) in [4.78, 5) is 13.5. The molecule has 2 atom stereocenters. The van der Waals surface area contributed by atoms with Crippen molar-refractivity contribution in [1.82, 2.24) is 9.78 Å². The maximum absolute atomic E-state index is 11.2. The van der Waals surface area contributed by atoms with Crippen LogP contribution in [0.25, 0.3) is 0 Å². The molecule has 0 fully saturated rings. The van der Waals surface area contributed by atoms with Crippen LogP contribution in [0.3, 0.4) is 0 Å². The summed E-state index contributed by atoms with van der Waals surface area (Å²) in [6.45, 7) is 4.09. The van der Waals surface area contributed by atoms with E-state index >= 15 is 0 Å². The van der Waals surface area contributed by atoms with Gasteiger partial charge in [0, 0.05) is 22.0 Å². The summed E-state index contributed by atoms with van der Waals surface area (Å²) in [6, 6.07) is 4.01. The molecule has 2 rings (SSSR count). The Balaban J connectivity index is 2.39. The fourth-order valence-electron chi connectivity index (χ4n) is 1.99. The maximum atomic E-state index is 11.2. The summed E-state index contributed by atoms with van der Waals surface area (Å²) in [5.41, 5.74) is 11.9. The van der Waals surface area contributed by atoms with Crippen molar-refractivity contribution in [3.8, 4) is 0 Å². The van der Waals surface area contributed by atoms with Crippen molar-refractivity contribution < 1.29 is 4.79 Å². The number of rotatable bonds is 5. The Morgan fingerprint density at radius 1 is 1.53 bits per heavy atom. The molecule has 1 amide bonds. The van der Waals surface area contributed by atoms with Gasteiger partial charge < -0.3 is 11.5 Å². The number of nitrogens with zero attached hydrogens (tertiary/aromatic N) is 2. The van der Waals surface area contributed by atoms with E-state index in [0.29, 0.717) is 5.56 Å². The summed E-state index contributed by atoms with van der Waals surface area (Å²) in [6.07, 6.45) is 3.98. The number of primary amides is 1. The van der Waals surface area contributed by atoms with Crippen LogP contribution in [-0.4, -0.2) is 21.7 Å². The zero-order valence-electron chi connectivity index (χ0n) is 11.0. The number of nitrogens with two attached hydrogens (primary N) is 2. The fourth-order valence-corrected chi connectivity index (χ4v) is 3.04. The molecular weight excluding hydrogens is 260 g/mol. The van der Waals surface area contributed by atoms with Gasteiger partial charge in [-0.1, -0.05) is 6.92 Å². The van der Waals surface area contributed by atoms with Crippen LogP contribution in [0.4, 0.5) is 0 Å². The Bertz CT molecular complexity index is 575. The average molecular weight is 278 g/mol. The Morgan fingerprint density at radius 2 is 2.26 bits per heavy atom. The lowest BCUT2D eigenvalue weighted by Crippen LogP contribution is -2.32. The number of hydrogen-bond acceptors (Lipinski definition) is 4. The standard InChI is InChI=1S/C13H18N4OS/c1-3-10(14)12(11-5-4-8(2)19-11)17-7-9(6-16-17)13(15)18/h4-7,10,12H,3,14H2,1-2H3,(H2,15,18). The molecule has 2 heterocycles. The highest BCUT2D eigenvalue weighted by molar-refractivity contribution is 7.12. The highest BCUT2D eigenvalue weighted by Crippen LogP contribution is 2.28. The minimum atomic E-state index is -0.475. The summed E-state index contributed by atoms with van der Waals surface area (Å²) in [5, 5.41) is 4.23. The second-order valence-electron chi connectivity index (χ2n) is 4.54. The van der Waals surface area contributed by atoms with Crippen molar-refractivity contribution in [2.45, 2.75) is 32.4 Å². The molecule has 0 bridgehead atoms. The number of thiophene rings is 1. The van der Waals surface area contributed by atoms with E-state index in [-0.39, 0.29) is 12.1 Å². The zero-order valence-corrected chi connectivity index (χ0v) is 11.9. The molecule has 0 aliphatic carbocycles. The lowest BCUT2D eigenvalue weighted by molar-refractivity contribution is 0.1000. The van der Waals surface area contributed by atoms with E-state index in [0.717, 1.165) is 11.3 Å². The first kappa shape index (κ1) is 13.8. The van der Waals surface area contributed by atoms with Gasteiger partial charge in [0.15, 0.2) is 0 Å². The Labute approximate surface area is 116 Å². The molecule has 0 aliphatic rings. The van der Waals surface area contributed by atoms with E-state index in [9.17, 15) is 4.79 Å². The van der Waals surface area contributed by atoms with Gasteiger partial charge in [0.2, 0.25) is 0 Å². The first-order chi connectivity index (χ1) is 9.02. The molecule has 102 valence electrons. The predicted octanol–water partition coefficient (Wildman–Crippen LogP) is 1.68. The van der Waals surface area contributed by atoms with Crippen molar-refractivity contribution in [3.05, 3.63) is 39.8 Å². The van der Waals surface area contributed by atoms with E-state index in [1.807, 2.05) is 6.92 Å². The van der Waals surface area contributed by atoms with Crippen LogP contribution in [-0.2, 0) is 0 Å². The van der Waals surface area contributed by atoms with Gasteiger partial charge in [-0.25, -0.2) is 0 Å². The van der Waals surface area contributed by atoms with E-state index < -0.39 is 5.91 Å². The van der Waals surface area contributed by atoms with Crippen LogP contribution in [0.5, 0.6) is 0 Å². The summed E-state index contributed by atoms with van der Waals surface area (Å²) in [7, 11) is 0. The maximum Gasteiger partial charge on any atom is 0.251 e. The SMILES string of the molecule is CCC(N)C(c1ccc(C)s1)n1cc(C(N)=O)cn1. The van der Waals surface area contributed by atoms with Crippen LogP contribution in [0.1, 0.15) is 39.5 Å². The Hall–Kier alpha value is -1.66. The van der Waals surface area contributed by atoms with E-state index in [2.05, 4.69) is 24.2 Å². The van der Waals surface area contributed by atoms with Crippen LogP contribution < -0.4 is 11.5 Å². The van der Waals surface area contributed by atoms with Gasteiger partial charge in [-0.05, 0) is 25.5 Å². The summed E-state index contributed by atoms with van der Waals surface area (Å²) in [5.74, 6) is -0.475. The topological polar surface area (TPSA) is 86.9 Å². The van der Waals surface area contributed by atoms with Gasteiger partial charge in [0.05, 0.1) is 11.8 Å². The quantitative estimate of drug-likeness (QED) is 0.872. The Morgan fingerprint density at radius 3 is 2.74 bits per heavy atom. The summed E-state index contributed by atoms with van der Waals surface area (Å²) < 4.78 is 1.74. The highest BCUT2D eigenvalue weighted by atomic mass is 32.1. The van der Waals surface area contributed by atoms with Gasteiger partial charge in [-0.15, -0.1) is 11.3 Å². The minimum Gasteiger partial charge on any atom is -0.366 e. The van der Waals surface area contributed by atoms with Crippen LogP contribution >= 0.6 is 11.3 Å².